The summed E-state index contributed by atoms with van der Waals surface area (Å²) in [6.07, 6.45) is 3.14. The average Bonchev–Trinajstić information content (AvgIpc) is 3.27. The molecule has 0 amide bonds. The average molecular weight is 432 g/mol. The standard InChI is InChI=1S/C24H18ClN3O3/c1-24(2)22(30)17-12-27-23-19(20(17)28-24)16(11-26-23)21(29)15-9-8-14(10-18(15)25)31-13-6-4-3-5-7-13/h3-12,28H,1-2H3,(H,26,27). The molecule has 0 saturated heterocycles. The molecule has 6 nitrogen and oxygen atoms in total. The second-order valence-electron chi connectivity index (χ2n) is 7.94. The molecule has 5 rings (SSSR count). The lowest BCUT2D eigenvalue weighted by Gasteiger charge is -2.16. The van der Waals surface area contributed by atoms with Crippen molar-refractivity contribution in [2.75, 3.05) is 5.32 Å². The Balaban J connectivity index is 1.53. The number of para-hydroxylation sites is 1. The number of ketones is 2. The molecule has 0 fully saturated rings. The summed E-state index contributed by atoms with van der Waals surface area (Å²) in [5.74, 6) is 0.881. The van der Waals surface area contributed by atoms with Crippen molar-refractivity contribution in [3.05, 3.63) is 82.6 Å². The Labute approximate surface area is 183 Å². The molecule has 7 heteroatoms. The number of halogens is 1. The van der Waals surface area contributed by atoms with Crippen molar-refractivity contribution in [1.82, 2.24) is 9.97 Å². The van der Waals surface area contributed by atoms with Crippen LogP contribution in [0.25, 0.3) is 11.0 Å². The van der Waals surface area contributed by atoms with Crippen molar-refractivity contribution < 1.29 is 14.3 Å². The number of nitrogens with zero attached hydrogens (tertiary/aromatic N) is 1. The molecule has 31 heavy (non-hydrogen) atoms. The molecule has 154 valence electrons. The molecule has 0 bridgehead atoms. The highest BCUT2D eigenvalue weighted by Crippen LogP contribution is 2.39. The number of aromatic nitrogens is 2. The maximum atomic E-state index is 13.4. The van der Waals surface area contributed by atoms with E-state index in [4.69, 9.17) is 16.3 Å². The van der Waals surface area contributed by atoms with E-state index in [0.717, 1.165) is 0 Å². The minimum Gasteiger partial charge on any atom is -0.457 e. The third-order valence-corrected chi connectivity index (χ3v) is 5.67. The molecule has 0 saturated carbocycles. The first-order valence-electron chi connectivity index (χ1n) is 9.75. The van der Waals surface area contributed by atoms with Crippen LogP contribution in [0.2, 0.25) is 5.02 Å². The number of H-pyrrole nitrogens is 1. The van der Waals surface area contributed by atoms with Crippen molar-refractivity contribution >= 4 is 39.9 Å². The number of ether oxygens (including phenoxy) is 1. The van der Waals surface area contributed by atoms with Gasteiger partial charge >= 0.3 is 0 Å². The largest absolute Gasteiger partial charge is 0.457 e. The number of carbonyl (C=O) groups excluding carboxylic acids is 2. The van der Waals surface area contributed by atoms with Crippen molar-refractivity contribution in [3.63, 3.8) is 0 Å². The minimum atomic E-state index is -0.760. The van der Waals surface area contributed by atoms with Gasteiger partial charge in [-0.2, -0.15) is 0 Å². The minimum absolute atomic E-state index is 0.0584. The third kappa shape index (κ3) is 3.16. The number of rotatable bonds is 4. The van der Waals surface area contributed by atoms with Crippen LogP contribution in [0.4, 0.5) is 5.69 Å². The van der Waals surface area contributed by atoms with Crippen LogP contribution >= 0.6 is 11.6 Å². The Morgan fingerprint density at radius 1 is 1.06 bits per heavy atom. The Kier molecular flexibility index (Phi) is 4.34. The molecule has 1 aliphatic rings. The van der Waals surface area contributed by atoms with E-state index < -0.39 is 5.54 Å². The van der Waals surface area contributed by atoms with E-state index in [9.17, 15) is 9.59 Å². The van der Waals surface area contributed by atoms with E-state index in [2.05, 4.69) is 15.3 Å². The maximum Gasteiger partial charge on any atom is 0.196 e. The van der Waals surface area contributed by atoms with Gasteiger partial charge in [-0.3, -0.25) is 9.59 Å². The summed E-state index contributed by atoms with van der Waals surface area (Å²) in [5.41, 5.74) is 1.60. The molecule has 0 atom stereocenters. The number of nitrogens with one attached hydrogen (secondary N) is 2. The van der Waals surface area contributed by atoms with Gasteiger partial charge in [0, 0.05) is 24.0 Å². The third-order valence-electron chi connectivity index (χ3n) is 5.36. The summed E-state index contributed by atoms with van der Waals surface area (Å²) in [7, 11) is 0. The second-order valence-corrected chi connectivity index (χ2v) is 8.35. The van der Waals surface area contributed by atoms with E-state index in [-0.39, 0.29) is 16.6 Å². The number of hydrogen-bond donors (Lipinski definition) is 2. The fourth-order valence-corrected chi connectivity index (χ4v) is 4.05. The van der Waals surface area contributed by atoms with Gasteiger partial charge in [0.25, 0.3) is 0 Å². The Morgan fingerprint density at radius 2 is 1.84 bits per heavy atom. The van der Waals surface area contributed by atoms with Gasteiger partial charge in [-0.05, 0) is 38.1 Å². The monoisotopic (exact) mass is 431 g/mol. The van der Waals surface area contributed by atoms with Gasteiger partial charge in [0.1, 0.15) is 17.1 Å². The number of pyridine rings is 1. The highest BCUT2D eigenvalue weighted by molar-refractivity contribution is 6.36. The van der Waals surface area contributed by atoms with E-state index >= 15 is 0 Å². The molecule has 2 aromatic heterocycles. The fraction of sp³-hybridized carbons (Fsp3) is 0.125. The quantitative estimate of drug-likeness (QED) is 0.409. The van der Waals surface area contributed by atoms with Crippen molar-refractivity contribution in [3.8, 4) is 11.5 Å². The van der Waals surface area contributed by atoms with Gasteiger partial charge in [0.15, 0.2) is 11.6 Å². The zero-order chi connectivity index (χ0) is 21.8. The van der Waals surface area contributed by atoms with Gasteiger partial charge in [-0.25, -0.2) is 4.98 Å². The summed E-state index contributed by atoms with van der Waals surface area (Å²) >= 11 is 6.45. The normalized spacial score (nSPS) is 14.4. The lowest BCUT2D eigenvalue weighted by Crippen LogP contribution is -2.33. The zero-order valence-electron chi connectivity index (χ0n) is 16.8. The van der Waals surface area contributed by atoms with Crippen molar-refractivity contribution in [1.29, 1.82) is 0 Å². The number of Topliss-reactive ketones (excluding diaryl/α,β-unsaturated/α-hetero) is 1. The van der Waals surface area contributed by atoms with Gasteiger partial charge in [0.05, 0.1) is 32.8 Å². The molecule has 2 aromatic carbocycles. The number of hydrogen-bond acceptors (Lipinski definition) is 5. The summed E-state index contributed by atoms with van der Waals surface area (Å²) in [5, 5.41) is 4.10. The molecule has 2 N–H and O–H groups in total. The summed E-state index contributed by atoms with van der Waals surface area (Å²) in [4.78, 5) is 33.4. The van der Waals surface area contributed by atoms with Gasteiger partial charge < -0.3 is 15.0 Å². The lowest BCUT2D eigenvalue weighted by molar-refractivity contribution is 0.0939. The van der Waals surface area contributed by atoms with Crippen LogP contribution in [-0.2, 0) is 0 Å². The lowest BCUT2D eigenvalue weighted by atomic mass is 9.98. The zero-order valence-corrected chi connectivity index (χ0v) is 17.6. The van der Waals surface area contributed by atoms with Crippen LogP contribution in [0.3, 0.4) is 0 Å². The second kappa shape index (κ2) is 6.96. The Bertz CT molecular complexity index is 1360. The molecule has 0 spiro atoms. The molecular formula is C24H18ClN3O3. The Morgan fingerprint density at radius 3 is 2.58 bits per heavy atom. The Hall–Kier alpha value is -3.64. The number of anilines is 1. The number of carbonyl (C=O) groups is 2. The van der Waals surface area contributed by atoms with Crippen LogP contribution in [-0.4, -0.2) is 27.1 Å². The van der Waals surface area contributed by atoms with E-state index in [0.29, 0.717) is 44.9 Å². The number of fused-ring (bicyclic) bond motifs is 3. The molecular weight excluding hydrogens is 414 g/mol. The maximum absolute atomic E-state index is 13.4. The van der Waals surface area contributed by atoms with E-state index in [1.807, 2.05) is 30.3 Å². The van der Waals surface area contributed by atoms with Crippen molar-refractivity contribution in [2.45, 2.75) is 19.4 Å². The number of aromatic amines is 1. The predicted molar refractivity (Wildman–Crippen MR) is 120 cm³/mol. The summed E-state index contributed by atoms with van der Waals surface area (Å²) in [6, 6.07) is 14.3. The molecule has 0 unspecified atom stereocenters. The SMILES string of the molecule is CC1(C)Nc2c(cnc3[nH]cc(C(=O)c4ccc(Oc5ccccc5)cc4Cl)c23)C1=O. The molecule has 0 aliphatic carbocycles. The predicted octanol–water partition coefficient (Wildman–Crippen LogP) is 5.63. The van der Waals surface area contributed by atoms with E-state index in [1.54, 1.807) is 38.2 Å². The smallest absolute Gasteiger partial charge is 0.196 e. The first-order valence-corrected chi connectivity index (χ1v) is 10.1. The van der Waals surface area contributed by atoms with Gasteiger partial charge in [-0.1, -0.05) is 29.8 Å². The van der Waals surface area contributed by atoms with Crippen molar-refractivity contribution in [2.24, 2.45) is 0 Å². The molecule has 0 radical (unpaired) electrons. The highest BCUT2D eigenvalue weighted by atomic mass is 35.5. The highest BCUT2D eigenvalue weighted by Gasteiger charge is 2.39. The van der Waals surface area contributed by atoms with Crippen LogP contribution in [0, 0.1) is 0 Å². The molecule has 4 aromatic rings. The molecule has 3 heterocycles. The molecule has 1 aliphatic heterocycles. The first-order chi connectivity index (χ1) is 14.8. The number of benzene rings is 2. The van der Waals surface area contributed by atoms with Crippen LogP contribution in [0.5, 0.6) is 11.5 Å². The van der Waals surface area contributed by atoms with Gasteiger partial charge in [-0.15, -0.1) is 0 Å². The summed E-state index contributed by atoms with van der Waals surface area (Å²) < 4.78 is 5.79. The summed E-state index contributed by atoms with van der Waals surface area (Å²) in [6.45, 7) is 3.61. The first kappa shape index (κ1) is 19.3. The fourth-order valence-electron chi connectivity index (χ4n) is 3.80. The van der Waals surface area contributed by atoms with Crippen LogP contribution in [0.1, 0.15) is 40.1 Å². The van der Waals surface area contributed by atoms with Crippen LogP contribution in [0.15, 0.2) is 60.9 Å². The van der Waals surface area contributed by atoms with Gasteiger partial charge in [0.2, 0.25) is 0 Å². The van der Waals surface area contributed by atoms with E-state index in [1.165, 1.54) is 6.20 Å². The van der Waals surface area contributed by atoms with Crippen LogP contribution < -0.4 is 10.1 Å². The topological polar surface area (TPSA) is 84.1 Å².